The molecule has 7 heteroatoms. The van der Waals surface area contributed by atoms with E-state index in [0.717, 1.165) is 35.4 Å². The fourth-order valence-electron chi connectivity index (χ4n) is 3.23. The number of rotatable bonds is 7. The van der Waals surface area contributed by atoms with E-state index >= 15 is 0 Å². The summed E-state index contributed by atoms with van der Waals surface area (Å²) >= 11 is 6.04. The van der Waals surface area contributed by atoms with Crippen LogP contribution in [0.5, 0.6) is 0 Å². The number of halogens is 1. The average Bonchev–Trinajstić information content (AvgIpc) is 2.57. The fraction of sp³-hybridized carbons (Fsp3) is 0.526. The minimum Gasteiger partial charge on any atom is -0.354 e. The second-order valence-electron chi connectivity index (χ2n) is 6.81. The molecule has 26 heavy (non-hydrogen) atoms. The molecular weight excluding hydrogens is 372 g/mol. The van der Waals surface area contributed by atoms with Crippen LogP contribution in [0, 0.1) is 6.92 Å². The maximum absolute atomic E-state index is 12.6. The lowest BCUT2D eigenvalue weighted by molar-refractivity contribution is -0.121. The van der Waals surface area contributed by atoms with E-state index in [1.807, 2.05) is 0 Å². The van der Waals surface area contributed by atoms with Gasteiger partial charge < -0.3 is 5.32 Å². The van der Waals surface area contributed by atoms with Gasteiger partial charge in [-0.15, -0.1) is 0 Å². The number of anilines is 1. The van der Waals surface area contributed by atoms with E-state index in [2.05, 4.69) is 11.4 Å². The summed E-state index contributed by atoms with van der Waals surface area (Å²) in [6, 6.07) is 4.16. The van der Waals surface area contributed by atoms with Crippen LogP contribution in [0.3, 0.4) is 0 Å². The van der Waals surface area contributed by atoms with Crippen molar-refractivity contribution in [2.75, 3.05) is 17.1 Å². The number of nitrogens with one attached hydrogen (secondary N) is 1. The van der Waals surface area contributed by atoms with Gasteiger partial charge in [-0.25, -0.2) is 8.42 Å². The number of allylic oxidation sites excluding steroid dienone is 1. The molecule has 144 valence electrons. The maximum Gasteiger partial charge on any atom is 0.243 e. The second kappa shape index (κ2) is 8.91. The Morgan fingerprint density at radius 3 is 2.69 bits per heavy atom. The van der Waals surface area contributed by atoms with Gasteiger partial charge in [-0.1, -0.05) is 29.3 Å². The lowest BCUT2D eigenvalue weighted by atomic mass is 9.97. The summed E-state index contributed by atoms with van der Waals surface area (Å²) in [4.78, 5) is 12.6. The molecule has 0 heterocycles. The topological polar surface area (TPSA) is 66.5 Å². The van der Waals surface area contributed by atoms with Gasteiger partial charge in [0.1, 0.15) is 6.04 Å². The third-order valence-electron chi connectivity index (χ3n) is 4.63. The minimum absolute atomic E-state index is 0.314. The first kappa shape index (κ1) is 20.8. The molecule has 0 saturated carbocycles. The molecule has 0 aromatic heterocycles. The molecule has 0 saturated heterocycles. The van der Waals surface area contributed by atoms with Crippen LogP contribution in [0.4, 0.5) is 5.69 Å². The van der Waals surface area contributed by atoms with Crippen LogP contribution < -0.4 is 9.62 Å². The SMILES string of the molecule is Cc1ccc(Cl)cc1N([C@H](C)C(=O)NCCC1=CCCCC1)S(C)(=O)=O. The Balaban J connectivity index is 2.11. The van der Waals surface area contributed by atoms with Crippen molar-refractivity contribution in [3.05, 3.63) is 40.4 Å². The number of carbonyl (C=O) groups excluding carboxylic acids is 1. The van der Waals surface area contributed by atoms with Gasteiger partial charge in [0, 0.05) is 11.6 Å². The number of amides is 1. The smallest absolute Gasteiger partial charge is 0.243 e. The van der Waals surface area contributed by atoms with Crippen molar-refractivity contribution in [3.63, 3.8) is 0 Å². The van der Waals surface area contributed by atoms with Gasteiger partial charge in [0.25, 0.3) is 0 Å². The van der Waals surface area contributed by atoms with E-state index in [0.29, 0.717) is 17.3 Å². The van der Waals surface area contributed by atoms with Crippen molar-refractivity contribution >= 4 is 33.2 Å². The molecule has 1 N–H and O–H groups in total. The van der Waals surface area contributed by atoms with Gasteiger partial charge in [0.15, 0.2) is 0 Å². The van der Waals surface area contributed by atoms with Crippen LogP contribution in [0.2, 0.25) is 5.02 Å². The van der Waals surface area contributed by atoms with Crippen molar-refractivity contribution in [2.45, 2.75) is 52.0 Å². The monoisotopic (exact) mass is 398 g/mol. The molecule has 0 spiro atoms. The summed E-state index contributed by atoms with van der Waals surface area (Å²) < 4.78 is 25.9. The van der Waals surface area contributed by atoms with Crippen LogP contribution in [-0.2, 0) is 14.8 Å². The summed E-state index contributed by atoms with van der Waals surface area (Å²) in [6.07, 6.45) is 8.79. The van der Waals surface area contributed by atoms with Gasteiger partial charge in [0.2, 0.25) is 15.9 Å². The molecule has 1 aromatic rings. The van der Waals surface area contributed by atoms with Crippen LogP contribution >= 0.6 is 11.6 Å². The predicted octanol–water partition coefficient (Wildman–Crippen LogP) is 3.81. The van der Waals surface area contributed by atoms with E-state index in [-0.39, 0.29) is 5.91 Å². The molecule has 0 unspecified atom stereocenters. The highest BCUT2D eigenvalue weighted by molar-refractivity contribution is 7.92. The molecule has 2 rings (SSSR count). The number of aryl methyl sites for hydroxylation is 1. The van der Waals surface area contributed by atoms with Crippen molar-refractivity contribution in [1.29, 1.82) is 0 Å². The number of benzene rings is 1. The van der Waals surface area contributed by atoms with Gasteiger partial charge >= 0.3 is 0 Å². The molecular formula is C19H27ClN2O3S. The Kier molecular flexibility index (Phi) is 7.12. The highest BCUT2D eigenvalue weighted by Gasteiger charge is 2.30. The molecule has 1 amide bonds. The zero-order valence-electron chi connectivity index (χ0n) is 15.6. The molecule has 0 bridgehead atoms. The maximum atomic E-state index is 12.6. The normalized spacial score (nSPS) is 15.9. The standard InChI is InChI=1S/C19H27ClN2O3S/c1-14-9-10-17(20)13-18(14)22(26(3,24)25)15(2)19(23)21-12-11-16-7-5-4-6-8-16/h7,9-10,13,15H,4-6,8,11-12H2,1-3H3,(H,21,23)/t15-/m1/s1. The zero-order valence-corrected chi connectivity index (χ0v) is 17.2. The van der Waals surface area contributed by atoms with Gasteiger partial charge in [-0.05, 0) is 63.6 Å². The van der Waals surface area contributed by atoms with Crippen molar-refractivity contribution in [1.82, 2.24) is 5.32 Å². The fourth-order valence-corrected chi connectivity index (χ4v) is 4.62. The van der Waals surface area contributed by atoms with Crippen LogP contribution in [-0.4, -0.2) is 33.2 Å². The van der Waals surface area contributed by atoms with E-state index < -0.39 is 16.1 Å². The Bertz CT molecular complexity index is 790. The number of sulfonamides is 1. The van der Waals surface area contributed by atoms with E-state index in [9.17, 15) is 13.2 Å². The average molecular weight is 399 g/mol. The summed E-state index contributed by atoms with van der Waals surface area (Å²) in [5, 5.41) is 3.29. The Labute approximate surface area is 161 Å². The lowest BCUT2D eigenvalue weighted by Gasteiger charge is -2.29. The Morgan fingerprint density at radius 1 is 1.35 bits per heavy atom. The summed E-state index contributed by atoms with van der Waals surface area (Å²) in [5.41, 5.74) is 2.54. The highest BCUT2D eigenvalue weighted by Crippen LogP contribution is 2.28. The molecule has 1 aromatic carbocycles. The predicted molar refractivity (Wildman–Crippen MR) is 107 cm³/mol. The Morgan fingerprint density at radius 2 is 2.08 bits per heavy atom. The van der Waals surface area contributed by atoms with Crippen molar-refractivity contribution in [3.8, 4) is 0 Å². The van der Waals surface area contributed by atoms with Gasteiger partial charge in [-0.2, -0.15) is 0 Å². The quantitative estimate of drug-likeness (QED) is 0.710. The largest absolute Gasteiger partial charge is 0.354 e. The Hall–Kier alpha value is -1.53. The van der Waals surface area contributed by atoms with Crippen LogP contribution in [0.15, 0.2) is 29.8 Å². The molecule has 1 aliphatic carbocycles. The minimum atomic E-state index is -3.64. The first-order chi connectivity index (χ1) is 12.2. The van der Waals surface area contributed by atoms with Crippen LogP contribution in [0.1, 0.15) is 44.6 Å². The first-order valence-corrected chi connectivity index (χ1v) is 11.1. The third kappa shape index (κ3) is 5.48. The van der Waals surface area contributed by atoms with Gasteiger partial charge in [-0.3, -0.25) is 9.10 Å². The first-order valence-electron chi connectivity index (χ1n) is 8.91. The summed E-state index contributed by atoms with van der Waals surface area (Å²) in [7, 11) is -3.64. The summed E-state index contributed by atoms with van der Waals surface area (Å²) in [6.45, 7) is 3.90. The molecule has 0 aliphatic heterocycles. The highest BCUT2D eigenvalue weighted by atomic mass is 35.5. The number of hydrogen-bond acceptors (Lipinski definition) is 3. The summed E-state index contributed by atoms with van der Waals surface area (Å²) in [5.74, 6) is -0.314. The lowest BCUT2D eigenvalue weighted by Crippen LogP contribution is -2.48. The van der Waals surface area contributed by atoms with E-state index in [1.165, 1.54) is 18.4 Å². The molecule has 1 atom stereocenters. The van der Waals surface area contributed by atoms with Crippen LogP contribution in [0.25, 0.3) is 0 Å². The molecule has 0 radical (unpaired) electrons. The van der Waals surface area contributed by atoms with Crippen molar-refractivity contribution < 1.29 is 13.2 Å². The van der Waals surface area contributed by atoms with Crippen molar-refractivity contribution in [2.24, 2.45) is 0 Å². The number of nitrogens with zero attached hydrogens (tertiary/aromatic N) is 1. The van der Waals surface area contributed by atoms with E-state index in [1.54, 1.807) is 32.0 Å². The van der Waals surface area contributed by atoms with E-state index in [4.69, 9.17) is 11.6 Å². The zero-order chi connectivity index (χ0) is 19.3. The third-order valence-corrected chi connectivity index (χ3v) is 6.09. The molecule has 0 fully saturated rings. The molecule has 5 nitrogen and oxygen atoms in total. The molecule has 1 aliphatic rings. The second-order valence-corrected chi connectivity index (χ2v) is 9.11. The number of carbonyl (C=O) groups is 1. The van der Waals surface area contributed by atoms with Gasteiger partial charge in [0.05, 0.1) is 11.9 Å². The number of hydrogen-bond donors (Lipinski definition) is 1.